The van der Waals surface area contributed by atoms with Crippen LogP contribution in [0.1, 0.15) is 0 Å². The van der Waals surface area contributed by atoms with Crippen LogP contribution in [0, 0.1) is 0 Å². The highest BCUT2D eigenvalue weighted by molar-refractivity contribution is 9.11. The van der Waals surface area contributed by atoms with E-state index in [9.17, 15) is 0 Å². The molecule has 0 unspecified atom stereocenters. The number of halogens is 2. The highest BCUT2D eigenvalue weighted by Crippen LogP contribution is 2.34. The second-order valence-corrected chi connectivity index (χ2v) is 5.43. The predicted octanol–water partition coefficient (Wildman–Crippen LogP) is 4.55. The second kappa shape index (κ2) is 5.63. The molecule has 2 aromatic rings. The molecule has 0 spiro atoms. The third-order valence-electron chi connectivity index (χ3n) is 2.40. The van der Waals surface area contributed by atoms with Crippen molar-refractivity contribution in [1.82, 2.24) is 0 Å². The van der Waals surface area contributed by atoms with Crippen molar-refractivity contribution in [2.45, 2.75) is 0 Å². The zero-order valence-corrected chi connectivity index (χ0v) is 12.9. The number of hydrogen-bond acceptors (Lipinski definition) is 3. The number of nitrogen functional groups attached to an aromatic ring is 1. The lowest BCUT2D eigenvalue weighted by Gasteiger charge is -2.12. The zero-order valence-electron chi connectivity index (χ0n) is 9.71. The van der Waals surface area contributed by atoms with E-state index in [1.54, 1.807) is 13.2 Å². The number of anilines is 3. The van der Waals surface area contributed by atoms with Gasteiger partial charge in [0.15, 0.2) is 0 Å². The molecule has 0 bridgehead atoms. The number of nitrogens with one attached hydrogen (secondary N) is 1. The number of para-hydroxylation sites is 1. The molecule has 0 amide bonds. The first kappa shape index (κ1) is 13.2. The lowest BCUT2D eigenvalue weighted by atomic mass is 10.2. The molecule has 0 atom stereocenters. The molecule has 18 heavy (non-hydrogen) atoms. The molecule has 94 valence electrons. The van der Waals surface area contributed by atoms with Crippen LogP contribution in [0.2, 0.25) is 0 Å². The number of hydrogen-bond donors (Lipinski definition) is 2. The molecule has 2 aromatic carbocycles. The Morgan fingerprint density at radius 1 is 1.11 bits per heavy atom. The van der Waals surface area contributed by atoms with Crippen LogP contribution in [0.5, 0.6) is 5.75 Å². The average molecular weight is 372 g/mol. The van der Waals surface area contributed by atoms with Crippen LogP contribution in [0.25, 0.3) is 0 Å². The van der Waals surface area contributed by atoms with Gasteiger partial charge in [-0.2, -0.15) is 0 Å². The van der Waals surface area contributed by atoms with Gasteiger partial charge in [0, 0.05) is 32.5 Å². The van der Waals surface area contributed by atoms with E-state index in [1.807, 2.05) is 30.3 Å². The zero-order chi connectivity index (χ0) is 13.1. The van der Waals surface area contributed by atoms with E-state index in [0.29, 0.717) is 5.69 Å². The Morgan fingerprint density at radius 2 is 1.78 bits per heavy atom. The van der Waals surface area contributed by atoms with E-state index in [-0.39, 0.29) is 0 Å². The van der Waals surface area contributed by atoms with Gasteiger partial charge in [0.1, 0.15) is 5.75 Å². The standard InChI is InChI=1S/C13H12Br2N2O/c1-18-10-6-8(16)5-9(7-10)17-13-11(14)3-2-4-12(13)15/h2-7,17H,16H2,1H3. The summed E-state index contributed by atoms with van der Waals surface area (Å²) in [6, 6.07) is 11.4. The molecule has 3 nitrogen and oxygen atoms in total. The number of methoxy groups -OCH3 is 1. The summed E-state index contributed by atoms with van der Waals surface area (Å²) in [4.78, 5) is 0. The molecular formula is C13H12Br2N2O. The molecule has 0 saturated carbocycles. The van der Waals surface area contributed by atoms with E-state index >= 15 is 0 Å². The summed E-state index contributed by atoms with van der Waals surface area (Å²) >= 11 is 7.01. The third kappa shape index (κ3) is 2.97. The van der Waals surface area contributed by atoms with Crippen molar-refractivity contribution >= 4 is 48.9 Å². The first-order valence-corrected chi connectivity index (χ1v) is 6.84. The molecule has 0 fully saturated rings. The normalized spacial score (nSPS) is 10.2. The maximum absolute atomic E-state index is 5.82. The van der Waals surface area contributed by atoms with Gasteiger partial charge in [-0.1, -0.05) is 6.07 Å². The van der Waals surface area contributed by atoms with Gasteiger partial charge in [-0.25, -0.2) is 0 Å². The Kier molecular flexibility index (Phi) is 4.14. The minimum atomic E-state index is 0.653. The average Bonchev–Trinajstić information content (AvgIpc) is 2.33. The Bertz CT molecular complexity index is 553. The molecule has 0 aliphatic carbocycles. The fourth-order valence-electron chi connectivity index (χ4n) is 1.57. The Hall–Kier alpha value is -1.20. The van der Waals surface area contributed by atoms with Gasteiger partial charge in [-0.3, -0.25) is 0 Å². The minimum absolute atomic E-state index is 0.653. The quantitative estimate of drug-likeness (QED) is 0.778. The summed E-state index contributed by atoms with van der Waals surface area (Å²) in [6.07, 6.45) is 0. The topological polar surface area (TPSA) is 47.3 Å². The van der Waals surface area contributed by atoms with E-state index in [0.717, 1.165) is 26.1 Å². The van der Waals surface area contributed by atoms with Gasteiger partial charge in [-0.05, 0) is 50.1 Å². The summed E-state index contributed by atoms with van der Waals surface area (Å²) in [6.45, 7) is 0. The fourth-order valence-corrected chi connectivity index (χ4v) is 2.77. The van der Waals surface area contributed by atoms with E-state index in [1.165, 1.54) is 0 Å². The lowest BCUT2D eigenvalue weighted by molar-refractivity contribution is 0.415. The van der Waals surface area contributed by atoms with Gasteiger partial charge in [-0.15, -0.1) is 0 Å². The SMILES string of the molecule is COc1cc(N)cc(Nc2c(Br)cccc2Br)c1. The minimum Gasteiger partial charge on any atom is -0.497 e. The van der Waals surface area contributed by atoms with Crippen LogP contribution in [-0.4, -0.2) is 7.11 Å². The van der Waals surface area contributed by atoms with Crippen molar-refractivity contribution in [2.24, 2.45) is 0 Å². The van der Waals surface area contributed by atoms with Gasteiger partial charge < -0.3 is 15.8 Å². The summed E-state index contributed by atoms with van der Waals surface area (Å²) in [7, 11) is 1.62. The van der Waals surface area contributed by atoms with E-state index in [4.69, 9.17) is 10.5 Å². The van der Waals surface area contributed by atoms with Crippen molar-refractivity contribution in [3.63, 3.8) is 0 Å². The molecule has 2 rings (SSSR count). The van der Waals surface area contributed by atoms with Crippen LogP contribution in [0.15, 0.2) is 45.3 Å². The highest BCUT2D eigenvalue weighted by atomic mass is 79.9. The maximum Gasteiger partial charge on any atom is 0.122 e. The number of rotatable bonds is 3. The highest BCUT2D eigenvalue weighted by Gasteiger charge is 2.06. The lowest BCUT2D eigenvalue weighted by Crippen LogP contribution is -1.96. The van der Waals surface area contributed by atoms with Crippen LogP contribution in [-0.2, 0) is 0 Å². The molecular weight excluding hydrogens is 360 g/mol. The largest absolute Gasteiger partial charge is 0.497 e. The Balaban J connectivity index is 2.37. The second-order valence-electron chi connectivity index (χ2n) is 3.72. The summed E-state index contributed by atoms with van der Waals surface area (Å²) < 4.78 is 7.13. The van der Waals surface area contributed by atoms with Crippen LogP contribution < -0.4 is 15.8 Å². The van der Waals surface area contributed by atoms with Crippen LogP contribution in [0.3, 0.4) is 0 Å². The Morgan fingerprint density at radius 3 is 2.39 bits per heavy atom. The molecule has 0 aliphatic rings. The molecule has 0 aliphatic heterocycles. The predicted molar refractivity (Wildman–Crippen MR) is 82.5 cm³/mol. The van der Waals surface area contributed by atoms with Gasteiger partial charge in [0.2, 0.25) is 0 Å². The van der Waals surface area contributed by atoms with Crippen molar-refractivity contribution in [1.29, 1.82) is 0 Å². The van der Waals surface area contributed by atoms with Crippen LogP contribution >= 0.6 is 31.9 Å². The first-order valence-electron chi connectivity index (χ1n) is 5.26. The monoisotopic (exact) mass is 370 g/mol. The fraction of sp³-hybridized carbons (Fsp3) is 0.0769. The molecule has 0 aromatic heterocycles. The van der Waals surface area contributed by atoms with Gasteiger partial charge in [0.05, 0.1) is 12.8 Å². The van der Waals surface area contributed by atoms with Crippen molar-refractivity contribution in [3.05, 3.63) is 45.3 Å². The summed E-state index contributed by atoms with van der Waals surface area (Å²) in [5.41, 5.74) is 8.30. The molecule has 0 radical (unpaired) electrons. The first-order chi connectivity index (χ1) is 8.60. The van der Waals surface area contributed by atoms with E-state index < -0.39 is 0 Å². The third-order valence-corrected chi connectivity index (χ3v) is 3.72. The number of benzene rings is 2. The molecule has 0 heterocycles. The van der Waals surface area contributed by atoms with E-state index in [2.05, 4.69) is 37.2 Å². The number of ether oxygens (including phenoxy) is 1. The maximum atomic E-state index is 5.82. The smallest absolute Gasteiger partial charge is 0.122 e. The molecule has 3 N–H and O–H groups in total. The molecule has 5 heteroatoms. The van der Waals surface area contributed by atoms with Crippen molar-refractivity contribution in [3.8, 4) is 5.75 Å². The van der Waals surface area contributed by atoms with Gasteiger partial charge in [0.25, 0.3) is 0 Å². The van der Waals surface area contributed by atoms with Crippen molar-refractivity contribution < 1.29 is 4.74 Å². The molecule has 0 saturated heterocycles. The van der Waals surface area contributed by atoms with Crippen molar-refractivity contribution in [2.75, 3.05) is 18.2 Å². The summed E-state index contributed by atoms with van der Waals surface area (Å²) in [5, 5.41) is 3.30. The number of nitrogens with two attached hydrogens (primary N) is 1. The van der Waals surface area contributed by atoms with Crippen LogP contribution in [0.4, 0.5) is 17.1 Å². The Labute approximate surface area is 123 Å². The summed E-state index contributed by atoms with van der Waals surface area (Å²) in [5.74, 6) is 0.723. The van der Waals surface area contributed by atoms with Gasteiger partial charge >= 0.3 is 0 Å².